The summed E-state index contributed by atoms with van der Waals surface area (Å²) in [5, 5.41) is 20.2. The molecule has 2 N–H and O–H groups in total. The second-order valence-electron chi connectivity index (χ2n) is 4.29. The molecule has 1 aromatic carbocycles. The first kappa shape index (κ1) is 18.7. The summed E-state index contributed by atoms with van der Waals surface area (Å²) in [7, 11) is 1.51. The van der Waals surface area contributed by atoms with Gasteiger partial charge >= 0.3 is 5.97 Å². The van der Waals surface area contributed by atoms with E-state index in [2.05, 4.69) is 21.2 Å². The molecule has 0 spiro atoms. The zero-order valence-corrected chi connectivity index (χ0v) is 13.9. The van der Waals surface area contributed by atoms with Crippen LogP contribution in [-0.2, 0) is 14.3 Å². The van der Waals surface area contributed by atoms with Gasteiger partial charge in [-0.15, -0.1) is 0 Å². The molecule has 0 radical (unpaired) electrons. The monoisotopic (exact) mass is 382 g/mol. The normalized spacial score (nSPS) is 10.7. The van der Waals surface area contributed by atoms with Crippen molar-refractivity contribution >= 4 is 33.9 Å². The van der Waals surface area contributed by atoms with E-state index in [1.807, 2.05) is 6.07 Å². The van der Waals surface area contributed by atoms with Gasteiger partial charge in [0.25, 0.3) is 5.91 Å². The molecule has 0 aromatic heterocycles. The molecule has 1 amide bonds. The maximum Gasteiger partial charge on any atom is 0.341 e. The Morgan fingerprint density at radius 1 is 1.48 bits per heavy atom. The maximum atomic E-state index is 11.8. The summed E-state index contributed by atoms with van der Waals surface area (Å²) in [6.45, 7) is 0.199. The molecule has 0 saturated heterocycles. The van der Waals surface area contributed by atoms with Gasteiger partial charge in [0.05, 0.1) is 11.1 Å². The van der Waals surface area contributed by atoms with E-state index in [0.29, 0.717) is 28.9 Å². The molecule has 0 aliphatic rings. The van der Waals surface area contributed by atoms with Crippen molar-refractivity contribution in [2.24, 2.45) is 0 Å². The summed E-state index contributed by atoms with van der Waals surface area (Å²) in [6.07, 6.45) is 1.42. The summed E-state index contributed by atoms with van der Waals surface area (Å²) in [4.78, 5) is 22.3. The fraction of sp³-hybridized carbons (Fsp3) is 0.267. The van der Waals surface area contributed by atoms with Crippen LogP contribution in [0.3, 0.4) is 0 Å². The zero-order chi connectivity index (χ0) is 17.2. The Hall–Kier alpha value is -2.37. The van der Waals surface area contributed by atoms with Crippen LogP contribution in [0.15, 0.2) is 28.2 Å². The Morgan fingerprint density at radius 2 is 2.22 bits per heavy atom. The van der Waals surface area contributed by atoms with Crippen LogP contribution in [-0.4, -0.2) is 43.9 Å². The molecule has 0 bridgehead atoms. The second kappa shape index (κ2) is 9.61. The first-order valence-corrected chi connectivity index (χ1v) is 7.30. The number of carboxylic acid groups (broad SMARTS) is 1. The van der Waals surface area contributed by atoms with Crippen LogP contribution in [0.1, 0.15) is 5.56 Å². The molecule has 122 valence electrons. The van der Waals surface area contributed by atoms with E-state index in [0.717, 1.165) is 0 Å². The van der Waals surface area contributed by atoms with E-state index in [4.69, 9.17) is 19.8 Å². The van der Waals surface area contributed by atoms with Crippen molar-refractivity contribution in [3.8, 4) is 11.8 Å². The lowest BCUT2D eigenvalue weighted by atomic mass is 10.1. The summed E-state index contributed by atoms with van der Waals surface area (Å²) in [5.41, 5.74) is 0.546. The Morgan fingerprint density at radius 3 is 2.78 bits per heavy atom. The molecule has 23 heavy (non-hydrogen) atoms. The van der Waals surface area contributed by atoms with Crippen LogP contribution in [0.2, 0.25) is 0 Å². The number of rotatable bonds is 8. The lowest BCUT2D eigenvalue weighted by Crippen LogP contribution is -2.27. The molecule has 0 heterocycles. The van der Waals surface area contributed by atoms with Crippen LogP contribution in [0.4, 0.5) is 0 Å². The second-order valence-corrected chi connectivity index (χ2v) is 5.15. The topological polar surface area (TPSA) is 109 Å². The number of nitrogens with zero attached hydrogens (tertiary/aromatic N) is 1. The molecule has 1 aromatic rings. The summed E-state index contributed by atoms with van der Waals surface area (Å²) in [6, 6.07) is 6.62. The Bertz CT molecular complexity index is 652. The minimum Gasteiger partial charge on any atom is -0.481 e. The quantitative estimate of drug-likeness (QED) is 0.401. The van der Waals surface area contributed by atoms with Gasteiger partial charge in [0, 0.05) is 13.7 Å². The van der Waals surface area contributed by atoms with Crippen molar-refractivity contribution in [2.75, 3.05) is 26.9 Å². The van der Waals surface area contributed by atoms with Crippen molar-refractivity contribution < 1.29 is 24.2 Å². The Balaban J connectivity index is 2.84. The van der Waals surface area contributed by atoms with Gasteiger partial charge in [0.1, 0.15) is 17.4 Å². The van der Waals surface area contributed by atoms with Crippen molar-refractivity contribution in [1.29, 1.82) is 5.26 Å². The molecular weight excluding hydrogens is 368 g/mol. The lowest BCUT2D eigenvalue weighted by Gasteiger charge is -2.07. The molecule has 0 unspecified atom stereocenters. The number of methoxy groups -OCH3 is 1. The van der Waals surface area contributed by atoms with Crippen LogP contribution >= 0.6 is 15.9 Å². The SMILES string of the molecule is COCCNC(=O)/C(C#N)=C/c1ccc(OCC(=O)O)c(Br)c1. The third kappa shape index (κ3) is 6.50. The standard InChI is InChI=1S/C15H15BrN2O5/c1-22-5-4-18-15(21)11(8-17)6-10-2-3-13(12(16)7-10)23-9-14(19)20/h2-3,6-7H,4-5,9H2,1H3,(H,18,21)(H,19,20)/b11-6+. The lowest BCUT2D eigenvalue weighted by molar-refractivity contribution is -0.139. The number of amides is 1. The first-order chi connectivity index (χ1) is 11.0. The van der Waals surface area contributed by atoms with Gasteiger partial charge in [0.2, 0.25) is 0 Å². The van der Waals surface area contributed by atoms with E-state index in [-0.39, 0.29) is 5.57 Å². The minimum absolute atomic E-state index is 0.0489. The van der Waals surface area contributed by atoms with Crippen molar-refractivity contribution in [3.05, 3.63) is 33.8 Å². The zero-order valence-electron chi connectivity index (χ0n) is 12.3. The molecular formula is C15H15BrN2O5. The van der Waals surface area contributed by atoms with Crippen LogP contribution in [0.25, 0.3) is 6.08 Å². The highest BCUT2D eigenvalue weighted by Gasteiger charge is 2.09. The third-order valence-corrected chi connectivity index (χ3v) is 3.19. The average molecular weight is 383 g/mol. The predicted molar refractivity (Wildman–Crippen MR) is 85.7 cm³/mol. The van der Waals surface area contributed by atoms with Crippen LogP contribution < -0.4 is 10.1 Å². The number of aliphatic carboxylic acids is 1. The number of carbonyl (C=O) groups excluding carboxylic acids is 1. The minimum atomic E-state index is -1.08. The number of carbonyl (C=O) groups is 2. The largest absolute Gasteiger partial charge is 0.481 e. The number of hydrogen-bond donors (Lipinski definition) is 2. The van der Waals surface area contributed by atoms with Gasteiger partial charge in [-0.2, -0.15) is 5.26 Å². The van der Waals surface area contributed by atoms with Crippen LogP contribution in [0.5, 0.6) is 5.75 Å². The molecule has 0 saturated carbocycles. The molecule has 0 aliphatic heterocycles. The van der Waals surface area contributed by atoms with Crippen molar-refractivity contribution in [3.63, 3.8) is 0 Å². The van der Waals surface area contributed by atoms with Gasteiger partial charge < -0.3 is 19.9 Å². The highest BCUT2D eigenvalue weighted by atomic mass is 79.9. The number of carboxylic acids is 1. The molecule has 0 atom stereocenters. The van der Waals surface area contributed by atoms with Crippen LogP contribution in [0, 0.1) is 11.3 Å². The van der Waals surface area contributed by atoms with E-state index < -0.39 is 18.5 Å². The summed E-state index contributed by atoms with van der Waals surface area (Å²) < 4.78 is 10.4. The molecule has 7 nitrogen and oxygen atoms in total. The third-order valence-electron chi connectivity index (χ3n) is 2.57. The maximum absolute atomic E-state index is 11.8. The fourth-order valence-electron chi connectivity index (χ4n) is 1.54. The van der Waals surface area contributed by atoms with E-state index in [1.165, 1.54) is 13.2 Å². The number of nitriles is 1. The van der Waals surface area contributed by atoms with Gasteiger partial charge in [-0.05, 0) is 39.7 Å². The number of halogens is 1. The highest BCUT2D eigenvalue weighted by Crippen LogP contribution is 2.26. The number of nitrogens with one attached hydrogen (secondary N) is 1. The van der Waals surface area contributed by atoms with E-state index in [1.54, 1.807) is 18.2 Å². The van der Waals surface area contributed by atoms with Gasteiger partial charge in [-0.25, -0.2) is 4.79 Å². The Labute approximate surface area is 141 Å². The van der Waals surface area contributed by atoms with Gasteiger partial charge in [-0.1, -0.05) is 6.07 Å². The Kier molecular flexibility index (Phi) is 7.80. The average Bonchev–Trinajstić information content (AvgIpc) is 2.51. The van der Waals surface area contributed by atoms with E-state index in [9.17, 15) is 9.59 Å². The first-order valence-electron chi connectivity index (χ1n) is 6.51. The number of ether oxygens (including phenoxy) is 2. The number of benzene rings is 1. The van der Waals surface area contributed by atoms with E-state index >= 15 is 0 Å². The predicted octanol–water partition coefficient (Wildman–Crippen LogP) is 1.58. The highest BCUT2D eigenvalue weighted by molar-refractivity contribution is 9.10. The fourth-order valence-corrected chi connectivity index (χ4v) is 2.05. The summed E-state index contributed by atoms with van der Waals surface area (Å²) in [5.74, 6) is -1.22. The van der Waals surface area contributed by atoms with Crippen molar-refractivity contribution in [1.82, 2.24) is 5.32 Å². The number of hydrogen-bond acceptors (Lipinski definition) is 5. The van der Waals surface area contributed by atoms with Gasteiger partial charge in [0.15, 0.2) is 6.61 Å². The van der Waals surface area contributed by atoms with Crippen molar-refractivity contribution in [2.45, 2.75) is 0 Å². The van der Waals surface area contributed by atoms with Gasteiger partial charge in [-0.3, -0.25) is 4.79 Å². The molecule has 0 fully saturated rings. The molecule has 0 aliphatic carbocycles. The molecule has 8 heteroatoms. The molecule has 1 rings (SSSR count). The smallest absolute Gasteiger partial charge is 0.341 e. The summed E-state index contributed by atoms with van der Waals surface area (Å²) >= 11 is 3.25.